The minimum atomic E-state index is 0.493. The van der Waals surface area contributed by atoms with E-state index in [0.29, 0.717) is 6.04 Å². The lowest BCUT2D eigenvalue weighted by molar-refractivity contribution is 0.364. The van der Waals surface area contributed by atoms with E-state index in [1.807, 2.05) is 13.1 Å². The van der Waals surface area contributed by atoms with Crippen molar-refractivity contribution in [2.75, 3.05) is 27.7 Å². The summed E-state index contributed by atoms with van der Waals surface area (Å²) in [6.45, 7) is 1.10. The minimum Gasteiger partial charge on any atom is -0.317 e. The van der Waals surface area contributed by atoms with E-state index in [1.54, 1.807) is 11.3 Å². The Morgan fingerprint density at radius 2 is 2.00 bits per heavy atom. The van der Waals surface area contributed by atoms with E-state index >= 15 is 0 Å². The van der Waals surface area contributed by atoms with Crippen molar-refractivity contribution in [3.8, 4) is 11.3 Å². The summed E-state index contributed by atoms with van der Waals surface area (Å²) in [5, 5.41) is 6.76. The molecule has 2 aromatic rings. The number of aromatic nitrogens is 1. The first kappa shape index (κ1) is 15.2. The quantitative estimate of drug-likeness (QED) is 0.849. The predicted molar refractivity (Wildman–Crippen MR) is 87.3 cm³/mol. The molecule has 0 bridgehead atoms. The molecule has 3 nitrogen and oxygen atoms in total. The second-order valence-electron chi connectivity index (χ2n) is 5.27. The summed E-state index contributed by atoms with van der Waals surface area (Å²) in [5.74, 6) is 0. The summed E-state index contributed by atoms with van der Waals surface area (Å²) in [5.41, 5.74) is 2.29. The van der Waals surface area contributed by atoms with Crippen LogP contribution in [0.3, 0.4) is 0 Å². The van der Waals surface area contributed by atoms with Crippen LogP contribution in [0.5, 0.6) is 0 Å². The first-order valence-electron chi connectivity index (χ1n) is 7.01. The van der Waals surface area contributed by atoms with Crippen molar-refractivity contribution in [1.82, 2.24) is 15.2 Å². The van der Waals surface area contributed by atoms with Crippen molar-refractivity contribution in [2.45, 2.75) is 18.9 Å². The molecule has 1 unspecified atom stereocenters. The van der Waals surface area contributed by atoms with Gasteiger partial charge in [-0.15, -0.1) is 11.3 Å². The molecule has 2 rings (SSSR count). The largest absolute Gasteiger partial charge is 0.317 e. The van der Waals surface area contributed by atoms with E-state index in [0.717, 1.165) is 25.1 Å². The molecule has 0 spiro atoms. The molecule has 4 heteroatoms. The molecule has 1 aromatic carbocycles. The number of thiazole rings is 1. The summed E-state index contributed by atoms with van der Waals surface area (Å²) < 4.78 is 0. The molecule has 0 aliphatic heterocycles. The number of benzene rings is 1. The lowest BCUT2D eigenvalue weighted by Crippen LogP contribution is -2.31. The molecule has 0 aliphatic rings. The number of likely N-dealkylation sites (N-methyl/N-ethyl adjacent to an activating group) is 1. The van der Waals surface area contributed by atoms with E-state index in [1.165, 1.54) is 10.6 Å². The number of hydrogen-bond donors (Lipinski definition) is 1. The standard InChI is InChI=1S/C16H23N3S/c1-17-14(9-10-19(2)3)11-16-18-15(12-20-16)13-7-5-4-6-8-13/h4-8,12,14,17H,9-11H2,1-3H3. The van der Waals surface area contributed by atoms with Crippen LogP contribution in [0.1, 0.15) is 11.4 Å². The van der Waals surface area contributed by atoms with Crippen molar-refractivity contribution in [2.24, 2.45) is 0 Å². The zero-order valence-electron chi connectivity index (χ0n) is 12.5. The SMILES string of the molecule is CNC(CCN(C)C)Cc1nc(-c2ccccc2)cs1. The van der Waals surface area contributed by atoms with E-state index in [4.69, 9.17) is 4.98 Å². The maximum atomic E-state index is 4.76. The Labute approximate surface area is 125 Å². The molecular weight excluding hydrogens is 266 g/mol. The Hall–Kier alpha value is -1.23. The van der Waals surface area contributed by atoms with Crippen LogP contribution in [0, 0.1) is 0 Å². The molecule has 0 fully saturated rings. The topological polar surface area (TPSA) is 28.2 Å². The highest BCUT2D eigenvalue weighted by Gasteiger charge is 2.11. The van der Waals surface area contributed by atoms with Gasteiger partial charge in [0, 0.05) is 23.4 Å². The lowest BCUT2D eigenvalue weighted by Gasteiger charge is -2.17. The maximum Gasteiger partial charge on any atom is 0.0948 e. The highest BCUT2D eigenvalue weighted by molar-refractivity contribution is 7.09. The fraction of sp³-hybridized carbons (Fsp3) is 0.438. The van der Waals surface area contributed by atoms with Crippen LogP contribution in [-0.4, -0.2) is 43.6 Å². The number of rotatable bonds is 7. The fourth-order valence-corrected chi connectivity index (χ4v) is 3.00. The van der Waals surface area contributed by atoms with Gasteiger partial charge in [-0.1, -0.05) is 30.3 Å². The smallest absolute Gasteiger partial charge is 0.0948 e. The van der Waals surface area contributed by atoms with Gasteiger partial charge in [0.15, 0.2) is 0 Å². The Bertz CT molecular complexity index is 507. The third kappa shape index (κ3) is 4.40. The summed E-state index contributed by atoms with van der Waals surface area (Å²) in [6.07, 6.45) is 2.14. The Morgan fingerprint density at radius 1 is 1.25 bits per heavy atom. The number of nitrogens with one attached hydrogen (secondary N) is 1. The summed E-state index contributed by atoms with van der Waals surface area (Å²) in [4.78, 5) is 6.98. The molecule has 0 aliphatic carbocycles. The van der Waals surface area contributed by atoms with E-state index in [9.17, 15) is 0 Å². The lowest BCUT2D eigenvalue weighted by atomic mass is 10.1. The van der Waals surface area contributed by atoms with Crippen LogP contribution in [0.4, 0.5) is 0 Å². The maximum absolute atomic E-state index is 4.76. The normalized spacial score (nSPS) is 12.8. The van der Waals surface area contributed by atoms with E-state index < -0.39 is 0 Å². The molecule has 20 heavy (non-hydrogen) atoms. The van der Waals surface area contributed by atoms with E-state index in [2.05, 4.69) is 54.0 Å². The first-order valence-corrected chi connectivity index (χ1v) is 7.89. The van der Waals surface area contributed by atoms with Crippen molar-refractivity contribution < 1.29 is 0 Å². The zero-order valence-corrected chi connectivity index (χ0v) is 13.3. The van der Waals surface area contributed by atoms with Gasteiger partial charge in [-0.3, -0.25) is 0 Å². The molecule has 108 valence electrons. The molecule has 0 saturated heterocycles. The molecular formula is C16H23N3S. The third-order valence-corrected chi connectivity index (χ3v) is 4.25. The van der Waals surface area contributed by atoms with Crippen LogP contribution < -0.4 is 5.32 Å². The first-order chi connectivity index (χ1) is 9.69. The predicted octanol–water partition coefficient (Wildman–Crippen LogP) is 2.89. The molecule has 0 saturated carbocycles. The minimum absolute atomic E-state index is 0.493. The molecule has 1 N–H and O–H groups in total. The Kier molecular flexibility index (Phi) is 5.71. The zero-order chi connectivity index (χ0) is 14.4. The second-order valence-corrected chi connectivity index (χ2v) is 6.22. The van der Waals surface area contributed by atoms with Crippen molar-refractivity contribution in [1.29, 1.82) is 0 Å². The van der Waals surface area contributed by atoms with E-state index in [-0.39, 0.29) is 0 Å². The van der Waals surface area contributed by atoms with Gasteiger partial charge < -0.3 is 10.2 Å². The summed E-state index contributed by atoms with van der Waals surface area (Å²) >= 11 is 1.76. The second kappa shape index (κ2) is 7.53. The van der Waals surface area contributed by atoms with Gasteiger partial charge in [-0.05, 0) is 34.1 Å². The monoisotopic (exact) mass is 289 g/mol. The molecule has 1 heterocycles. The summed E-state index contributed by atoms with van der Waals surface area (Å²) in [7, 11) is 6.26. The van der Waals surface area contributed by atoms with Gasteiger partial charge >= 0.3 is 0 Å². The van der Waals surface area contributed by atoms with Gasteiger partial charge in [0.05, 0.1) is 10.7 Å². The third-order valence-electron chi connectivity index (χ3n) is 3.38. The molecule has 1 atom stereocenters. The Morgan fingerprint density at radius 3 is 2.65 bits per heavy atom. The number of nitrogens with zero attached hydrogens (tertiary/aromatic N) is 2. The van der Waals surface area contributed by atoms with Crippen molar-refractivity contribution in [3.63, 3.8) is 0 Å². The highest BCUT2D eigenvalue weighted by atomic mass is 32.1. The van der Waals surface area contributed by atoms with Crippen LogP contribution >= 0.6 is 11.3 Å². The van der Waals surface area contributed by atoms with Gasteiger partial charge in [0.25, 0.3) is 0 Å². The molecule has 1 aromatic heterocycles. The fourth-order valence-electron chi connectivity index (χ4n) is 2.12. The van der Waals surface area contributed by atoms with Crippen LogP contribution in [0.15, 0.2) is 35.7 Å². The number of hydrogen-bond acceptors (Lipinski definition) is 4. The average Bonchev–Trinajstić information content (AvgIpc) is 2.92. The molecule has 0 amide bonds. The Balaban J connectivity index is 1.98. The van der Waals surface area contributed by atoms with Gasteiger partial charge in [-0.2, -0.15) is 0 Å². The van der Waals surface area contributed by atoms with Crippen LogP contribution in [-0.2, 0) is 6.42 Å². The van der Waals surface area contributed by atoms with Crippen molar-refractivity contribution >= 4 is 11.3 Å². The molecule has 0 radical (unpaired) electrons. The average molecular weight is 289 g/mol. The highest BCUT2D eigenvalue weighted by Crippen LogP contribution is 2.22. The van der Waals surface area contributed by atoms with Crippen LogP contribution in [0.25, 0.3) is 11.3 Å². The van der Waals surface area contributed by atoms with Crippen LogP contribution in [0.2, 0.25) is 0 Å². The van der Waals surface area contributed by atoms with Gasteiger partial charge in [-0.25, -0.2) is 4.98 Å². The van der Waals surface area contributed by atoms with Crippen molar-refractivity contribution in [3.05, 3.63) is 40.7 Å². The summed E-state index contributed by atoms with van der Waals surface area (Å²) in [6, 6.07) is 10.9. The van der Waals surface area contributed by atoms with Gasteiger partial charge in [0.2, 0.25) is 0 Å². The van der Waals surface area contributed by atoms with Gasteiger partial charge in [0.1, 0.15) is 0 Å².